The minimum atomic E-state index is -3.68. The molecule has 1 N–H and O–H groups in total. The number of nitrogens with one attached hydrogen (secondary N) is 1. The summed E-state index contributed by atoms with van der Waals surface area (Å²) in [7, 11) is -2.10. The Hall–Kier alpha value is -2.34. The molecule has 2 aromatic rings. The van der Waals surface area contributed by atoms with Crippen molar-refractivity contribution in [1.82, 2.24) is 5.32 Å². The van der Waals surface area contributed by atoms with E-state index in [-0.39, 0.29) is 6.61 Å². The van der Waals surface area contributed by atoms with Crippen LogP contribution in [0.2, 0.25) is 0 Å². The van der Waals surface area contributed by atoms with E-state index in [0.29, 0.717) is 30.3 Å². The maximum absolute atomic E-state index is 13.8. The van der Waals surface area contributed by atoms with E-state index in [9.17, 15) is 9.36 Å². The normalized spacial score (nSPS) is 12.2. The quantitative estimate of drug-likeness (QED) is 0.269. The second-order valence-electron chi connectivity index (χ2n) is 7.26. The van der Waals surface area contributed by atoms with Gasteiger partial charge in [0.2, 0.25) is 0 Å². The van der Waals surface area contributed by atoms with Crippen LogP contribution in [-0.2, 0) is 18.4 Å². The molecule has 1 unspecified atom stereocenters. The summed E-state index contributed by atoms with van der Waals surface area (Å²) in [6, 6.07) is 16.0. The first-order valence-electron chi connectivity index (χ1n) is 11.0. The minimum Gasteiger partial charge on any atom is -0.497 e. The Kier molecular flexibility index (Phi) is 11.3. The Labute approximate surface area is 190 Å². The number of carbonyl (C=O) groups excluding carboxylic acids is 1. The Morgan fingerprint density at radius 3 is 2.00 bits per heavy atom. The molecule has 0 aliphatic carbocycles. The lowest BCUT2D eigenvalue weighted by Crippen LogP contribution is -2.33. The van der Waals surface area contributed by atoms with E-state index in [0.717, 1.165) is 25.7 Å². The van der Waals surface area contributed by atoms with Gasteiger partial charge in [0.1, 0.15) is 11.5 Å². The summed E-state index contributed by atoms with van der Waals surface area (Å²) in [6.45, 7) is 4.40. The Bertz CT molecular complexity index is 829. The van der Waals surface area contributed by atoms with E-state index >= 15 is 0 Å². The Morgan fingerprint density at radius 2 is 1.47 bits per heavy atom. The second kappa shape index (κ2) is 13.9. The standard InChI is InChI=1S/C24H34NO6P/c1-4-6-17-30-32(27,31-18-7-5-2)24(20-11-9-8-10-12-20)25-23(26)19-29-22-15-13-21(28-3)14-16-22/h8-16,24H,4-7,17-19H2,1-3H3,(H,25,26). The van der Waals surface area contributed by atoms with E-state index in [1.807, 2.05) is 32.0 Å². The highest BCUT2D eigenvalue weighted by Crippen LogP contribution is 2.59. The van der Waals surface area contributed by atoms with Crippen LogP contribution in [0.5, 0.6) is 11.5 Å². The van der Waals surface area contributed by atoms with Crippen molar-refractivity contribution in [2.24, 2.45) is 0 Å². The first-order valence-corrected chi connectivity index (χ1v) is 12.6. The first-order chi connectivity index (χ1) is 15.5. The molecule has 0 fully saturated rings. The summed E-state index contributed by atoms with van der Waals surface area (Å²) in [5.74, 6) is -0.128. The van der Waals surface area contributed by atoms with E-state index in [1.54, 1.807) is 43.5 Å². The van der Waals surface area contributed by atoms with Gasteiger partial charge in [-0.25, -0.2) is 0 Å². The maximum atomic E-state index is 13.8. The third-order valence-electron chi connectivity index (χ3n) is 4.70. The highest BCUT2D eigenvalue weighted by molar-refractivity contribution is 7.54. The van der Waals surface area contributed by atoms with Crippen molar-refractivity contribution < 1.29 is 27.9 Å². The van der Waals surface area contributed by atoms with Gasteiger partial charge in [-0.05, 0) is 42.7 Å². The number of carbonyl (C=O) groups is 1. The summed E-state index contributed by atoms with van der Waals surface area (Å²) in [5, 5.41) is 2.82. The second-order valence-corrected chi connectivity index (χ2v) is 9.37. The molecule has 8 heteroatoms. The molecule has 0 saturated heterocycles. The number of benzene rings is 2. The molecule has 0 heterocycles. The lowest BCUT2D eigenvalue weighted by molar-refractivity contribution is -0.123. The van der Waals surface area contributed by atoms with Gasteiger partial charge in [-0.15, -0.1) is 0 Å². The molecule has 2 rings (SSSR count). The van der Waals surface area contributed by atoms with E-state index in [2.05, 4.69) is 5.32 Å². The fraction of sp³-hybridized carbons (Fsp3) is 0.458. The summed E-state index contributed by atoms with van der Waals surface area (Å²) < 4.78 is 36.1. The molecule has 176 valence electrons. The highest BCUT2D eigenvalue weighted by Gasteiger charge is 2.38. The van der Waals surface area contributed by atoms with Crippen molar-refractivity contribution in [3.63, 3.8) is 0 Å². The zero-order valence-corrected chi connectivity index (χ0v) is 20.0. The van der Waals surface area contributed by atoms with Gasteiger partial charge in [-0.2, -0.15) is 0 Å². The van der Waals surface area contributed by atoms with Crippen LogP contribution < -0.4 is 14.8 Å². The lowest BCUT2D eigenvalue weighted by Gasteiger charge is -2.28. The lowest BCUT2D eigenvalue weighted by atomic mass is 10.2. The van der Waals surface area contributed by atoms with E-state index in [1.165, 1.54) is 0 Å². The third kappa shape index (κ3) is 8.30. The molecule has 0 bridgehead atoms. The molecule has 32 heavy (non-hydrogen) atoms. The number of methoxy groups -OCH3 is 1. The van der Waals surface area contributed by atoms with Crippen molar-refractivity contribution in [2.45, 2.75) is 45.3 Å². The van der Waals surface area contributed by atoms with Gasteiger partial charge in [0.25, 0.3) is 5.91 Å². The van der Waals surface area contributed by atoms with Gasteiger partial charge in [-0.1, -0.05) is 57.0 Å². The molecule has 7 nitrogen and oxygen atoms in total. The SMILES string of the molecule is CCCCOP(=O)(OCCCC)C(NC(=O)COc1ccc(OC)cc1)c1ccccc1. The first kappa shape index (κ1) is 25.9. The average molecular weight is 464 g/mol. The topological polar surface area (TPSA) is 83.1 Å². The maximum Gasteiger partial charge on any atom is 0.357 e. The fourth-order valence-corrected chi connectivity index (χ4v) is 4.83. The van der Waals surface area contributed by atoms with Crippen LogP contribution in [-0.4, -0.2) is 32.8 Å². The molecule has 2 aromatic carbocycles. The predicted molar refractivity (Wildman–Crippen MR) is 125 cm³/mol. The molecule has 1 atom stereocenters. The number of unbranched alkanes of at least 4 members (excludes halogenated alkanes) is 2. The van der Waals surface area contributed by atoms with Gasteiger partial charge in [0.05, 0.1) is 20.3 Å². The van der Waals surface area contributed by atoms with Gasteiger partial charge in [-0.3, -0.25) is 9.36 Å². The highest BCUT2D eigenvalue weighted by atomic mass is 31.2. The molecule has 0 spiro atoms. The molecule has 0 aromatic heterocycles. The summed E-state index contributed by atoms with van der Waals surface area (Å²) in [5.41, 5.74) is 0.654. The van der Waals surface area contributed by atoms with Crippen LogP contribution in [0.1, 0.15) is 50.9 Å². The third-order valence-corrected chi connectivity index (χ3v) is 6.84. The number of rotatable bonds is 15. The van der Waals surface area contributed by atoms with Gasteiger partial charge < -0.3 is 23.8 Å². The molecule has 0 aliphatic rings. The summed E-state index contributed by atoms with van der Waals surface area (Å²) in [6.07, 6.45) is 3.29. The van der Waals surface area contributed by atoms with Crippen LogP contribution in [0.4, 0.5) is 0 Å². The van der Waals surface area contributed by atoms with Gasteiger partial charge in [0.15, 0.2) is 12.4 Å². The number of hydrogen-bond donors (Lipinski definition) is 1. The van der Waals surface area contributed by atoms with E-state index < -0.39 is 19.3 Å². The number of ether oxygens (including phenoxy) is 2. The molecular formula is C24H34NO6P. The number of hydrogen-bond acceptors (Lipinski definition) is 6. The fourth-order valence-electron chi connectivity index (χ4n) is 2.85. The molecule has 0 radical (unpaired) electrons. The van der Waals surface area contributed by atoms with Crippen LogP contribution in [0.25, 0.3) is 0 Å². The molecule has 0 aliphatic heterocycles. The Balaban J connectivity index is 2.15. The van der Waals surface area contributed by atoms with Crippen molar-refractivity contribution in [3.8, 4) is 11.5 Å². The molecule has 0 saturated carbocycles. The van der Waals surface area contributed by atoms with Crippen LogP contribution >= 0.6 is 7.60 Å². The van der Waals surface area contributed by atoms with Gasteiger partial charge in [0, 0.05) is 0 Å². The van der Waals surface area contributed by atoms with Crippen molar-refractivity contribution in [2.75, 3.05) is 26.9 Å². The van der Waals surface area contributed by atoms with Crippen LogP contribution in [0.3, 0.4) is 0 Å². The van der Waals surface area contributed by atoms with Crippen LogP contribution in [0, 0.1) is 0 Å². The van der Waals surface area contributed by atoms with E-state index in [4.69, 9.17) is 18.5 Å². The zero-order valence-electron chi connectivity index (χ0n) is 19.1. The van der Waals surface area contributed by atoms with Crippen LogP contribution in [0.15, 0.2) is 54.6 Å². The zero-order chi connectivity index (χ0) is 23.2. The largest absolute Gasteiger partial charge is 0.497 e. The number of amides is 1. The summed E-state index contributed by atoms with van der Waals surface area (Å²) >= 11 is 0. The smallest absolute Gasteiger partial charge is 0.357 e. The van der Waals surface area contributed by atoms with Crippen molar-refractivity contribution in [1.29, 1.82) is 0 Å². The average Bonchev–Trinajstić information content (AvgIpc) is 2.82. The molecule has 1 amide bonds. The van der Waals surface area contributed by atoms with Crippen molar-refractivity contribution >= 4 is 13.5 Å². The minimum absolute atomic E-state index is 0.237. The Morgan fingerprint density at radius 1 is 0.906 bits per heavy atom. The van der Waals surface area contributed by atoms with Crippen molar-refractivity contribution in [3.05, 3.63) is 60.2 Å². The molecular weight excluding hydrogens is 429 g/mol. The summed E-state index contributed by atoms with van der Waals surface area (Å²) in [4.78, 5) is 12.7. The van der Waals surface area contributed by atoms with Gasteiger partial charge >= 0.3 is 7.60 Å². The monoisotopic (exact) mass is 463 g/mol. The predicted octanol–water partition coefficient (Wildman–Crippen LogP) is 5.72.